The molecule has 1 N–H and O–H groups in total. The summed E-state index contributed by atoms with van der Waals surface area (Å²) in [4.78, 5) is 25.1. The summed E-state index contributed by atoms with van der Waals surface area (Å²) in [5.41, 5.74) is -2.10. The van der Waals surface area contributed by atoms with E-state index in [2.05, 4.69) is 5.32 Å². The van der Waals surface area contributed by atoms with E-state index in [1.807, 2.05) is 0 Å². The number of halogens is 4. The van der Waals surface area contributed by atoms with Crippen LogP contribution >= 0.6 is 11.6 Å². The molecular weight excluding hydrogens is 445 g/mol. The Labute approximate surface area is 175 Å². The topological polar surface area (TPSA) is 83.6 Å². The fourth-order valence-electron chi connectivity index (χ4n) is 3.02. The van der Waals surface area contributed by atoms with Gasteiger partial charge in [0.2, 0.25) is 15.9 Å². The van der Waals surface area contributed by atoms with E-state index < -0.39 is 39.0 Å². The van der Waals surface area contributed by atoms with Gasteiger partial charge in [0.05, 0.1) is 33.0 Å². The Balaban J connectivity index is 1.90. The van der Waals surface area contributed by atoms with Crippen LogP contribution < -0.4 is 9.62 Å². The van der Waals surface area contributed by atoms with Crippen LogP contribution in [-0.2, 0) is 21.0 Å². The number of carbonyl (C=O) groups excluding carboxylic acids is 2. The minimum atomic E-state index is -4.51. The number of benzene rings is 2. The van der Waals surface area contributed by atoms with Gasteiger partial charge in [0.25, 0.3) is 5.91 Å². The normalized spacial score (nSPS) is 17.8. The first kappa shape index (κ1) is 22.1. The molecule has 0 atom stereocenters. The zero-order chi connectivity index (χ0) is 22.5. The first-order valence-electron chi connectivity index (χ1n) is 8.58. The van der Waals surface area contributed by atoms with Crippen LogP contribution in [0.3, 0.4) is 0 Å². The third kappa shape index (κ3) is 4.15. The quantitative estimate of drug-likeness (QED) is 0.739. The number of carbonyl (C=O) groups is 2. The molecule has 30 heavy (non-hydrogen) atoms. The molecule has 0 unspecified atom stereocenters. The van der Waals surface area contributed by atoms with E-state index >= 15 is 0 Å². The largest absolute Gasteiger partial charge is 0.416 e. The van der Waals surface area contributed by atoms with Crippen LogP contribution in [0.15, 0.2) is 42.5 Å². The average Bonchev–Trinajstić information content (AvgIpc) is 2.78. The van der Waals surface area contributed by atoms with Gasteiger partial charge >= 0.3 is 6.18 Å². The maximum Gasteiger partial charge on any atom is 0.416 e. The molecule has 3 rings (SSSR count). The molecule has 2 aromatic carbocycles. The van der Waals surface area contributed by atoms with E-state index in [4.69, 9.17) is 11.6 Å². The molecule has 2 aromatic rings. The van der Waals surface area contributed by atoms with E-state index in [9.17, 15) is 31.2 Å². The zero-order valence-corrected chi connectivity index (χ0v) is 17.3. The van der Waals surface area contributed by atoms with Crippen molar-refractivity contribution in [2.75, 3.05) is 15.4 Å². The van der Waals surface area contributed by atoms with Crippen molar-refractivity contribution in [3.8, 4) is 0 Å². The number of rotatable bonds is 3. The lowest BCUT2D eigenvalue weighted by Crippen LogP contribution is -2.33. The van der Waals surface area contributed by atoms with Crippen molar-refractivity contribution in [3.05, 3.63) is 58.6 Å². The number of nitrogens with one attached hydrogen (secondary N) is 1. The van der Waals surface area contributed by atoms with Gasteiger partial charge in [-0.3, -0.25) is 9.59 Å². The molecule has 1 aliphatic rings. The van der Waals surface area contributed by atoms with E-state index in [-0.39, 0.29) is 27.7 Å². The highest BCUT2D eigenvalue weighted by Gasteiger charge is 2.50. The Morgan fingerprint density at radius 1 is 1.13 bits per heavy atom. The van der Waals surface area contributed by atoms with Crippen LogP contribution in [0.1, 0.15) is 29.8 Å². The fourth-order valence-corrected chi connectivity index (χ4v) is 5.32. The second-order valence-electron chi connectivity index (χ2n) is 7.40. The molecule has 6 nitrogen and oxygen atoms in total. The molecule has 0 radical (unpaired) electrons. The van der Waals surface area contributed by atoms with Crippen molar-refractivity contribution >= 4 is 44.8 Å². The van der Waals surface area contributed by atoms with Crippen LogP contribution in [0.25, 0.3) is 0 Å². The van der Waals surface area contributed by atoms with Crippen molar-refractivity contribution in [2.24, 2.45) is 5.41 Å². The highest BCUT2D eigenvalue weighted by molar-refractivity contribution is 7.94. The molecule has 11 heteroatoms. The molecule has 0 bridgehead atoms. The minimum absolute atomic E-state index is 0.0218. The summed E-state index contributed by atoms with van der Waals surface area (Å²) < 4.78 is 63.5. The number of sulfonamides is 1. The van der Waals surface area contributed by atoms with Crippen LogP contribution in [-0.4, -0.2) is 26.0 Å². The van der Waals surface area contributed by atoms with Gasteiger partial charge in [-0.05, 0) is 56.3 Å². The second kappa shape index (κ2) is 7.28. The Kier molecular flexibility index (Phi) is 5.36. The molecule has 1 heterocycles. The number of anilines is 2. The van der Waals surface area contributed by atoms with Crippen molar-refractivity contribution in [3.63, 3.8) is 0 Å². The first-order chi connectivity index (χ1) is 13.7. The Morgan fingerprint density at radius 2 is 1.73 bits per heavy atom. The number of alkyl halides is 3. The Hall–Kier alpha value is -2.59. The van der Waals surface area contributed by atoms with E-state index in [0.717, 1.165) is 30.3 Å². The SMILES string of the molecule is CC1(C)CS(=O)(=O)N(c2ccc(Cl)c(C(=O)Nc3ccc(C(F)(F)F)cc3)c2)C1=O. The minimum Gasteiger partial charge on any atom is -0.322 e. The van der Waals surface area contributed by atoms with Crippen molar-refractivity contribution in [1.82, 2.24) is 0 Å². The smallest absolute Gasteiger partial charge is 0.322 e. The van der Waals surface area contributed by atoms with E-state index in [1.54, 1.807) is 0 Å². The standard InChI is InChI=1S/C19H16ClF3N2O4S/c1-18(2)10-30(28,29)25(17(18)27)13-7-8-15(20)14(9-13)16(26)24-12-5-3-11(4-6-12)19(21,22)23/h3-9H,10H2,1-2H3,(H,24,26). The molecule has 0 aliphatic carbocycles. The highest BCUT2D eigenvalue weighted by atomic mass is 35.5. The van der Waals surface area contributed by atoms with Gasteiger partial charge in [0.1, 0.15) is 0 Å². The summed E-state index contributed by atoms with van der Waals surface area (Å²) in [6, 6.07) is 7.50. The van der Waals surface area contributed by atoms with Gasteiger partial charge in [-0.2, -0.15) is 13.2 Å². The number of amides is 2. The van der Waals surface area contributed by atoms with Crippen molar-refractivity contribution in [1.29, 1.82) is 0 Å². The van der Waals surface area contributed by atoms with E-state index in [0.29, 0.717) is 4.31 Å². The predicted molar refractivity (Wildman–Crippen MR) is 106 cm³/mol. The van der Waals surface area contributed by atoms with Crippen LogP contribution in [0, 0.1) is 5.41 Å². The molecule has 160 valence electrons. The molecule has 2 amide bonds. The first-order valence-corrected chi connectivity index (χ1v) is 10.6. The van der Waals surface area contributed by atoms with Gasteiger partial charge < -0.3 is 5.32 Å². The number of hydrogen-bond acceptors (Lipinski definition) is 4. The molecule has 1 saturated heterocycles. The van der Waals surface area contributed by atoms with Crippen LogP contribution in [0.5, 0.6) is 0 Å². The van der Waals surface area contributed by atoms with Gasteiger partial charge in [-0.15, -0.1) is 0 Å². The molecule has 1 fully saturated rings. The summed E-state index contributed by atoms with van der Waals surface area (Å²) >= 11 is 6.05. The Morgan fingerprint density at radius 3 is 2.23 bits per heavy atom. The maximum absolute atomic E-state index is 12.7. The summed E-state index contributed by atoms with van der Waals surface area (Å²) in [5, 5.41) is 2.38. The lowest BCUT2D eigenvalue weighted by Gasteiger charge is -2.18. The van der Waals surface area contributed by atoms with Crippen LogP contribution in [0.2, 0.25) is 5.02 Å². The predicted octanol–water partition coefficient (Wildman–Crippen LogP) is 4.31. The Bertz CT molecular complexity index is 1130. The van der Waals surface area contributed by atoms with Gasteiger partial charge in [0, 0.05) is 5.69 Å². The third-order valence-corrected chi connectivity index (χ3v) is 6.83. The maximum atomic E-state index is 12.7. The molecule has 0 aromatic heterocycles. The average molecular weight is 461 g/mol. The monoisotopic (exact) mass is 460 g/mol. The summed E-state index contributed by atoms with van der Waals surface area (Å²) in [5.74, 6) is -1.79. The van der Waals surface area contributed by atoms with Gasteiger partial charge in [0.15, 0.2) is 0 Å². The number of hydrogen-bond donors (Lipinski definition) is 1. The summed E-state index contributed by atoms with van der Waals surface area (Å²) in [7, 11) is -3.93. The lowest BCUT2D eigenvalue weighted by atomic mass is 9.95. The lowest BCUT2D eigenvalue weighted by molar-refractivity contribution is -0.137. The summed E-state index contributed by atoms with van der Waals surface area (Å²) in [6.07, 6.45) is -4.51. The molecule has 1 aliphatic heterocycles. The van der Waals surface area contributed by atoms with E-state index in [1.165, 1.54) is 26.0 Å². The van der Waals surface area contributed by atoms with Crippen molar-refractivity contribution < 1.29 is 31.2 Å². The van der Waals surface area contributed by atoms with Gasteiger partial charge in [-0.25, -0.2) is 12.7 Å². The third-order valence-electron chi connectivity index (χ3n) is 4.48. The van der Waals surface area contributed by atoms with Crippen molar-refractivity contribution in [2.45, 2.75) is 20.0 Å². The van der Waals surface area contributed by atoms with Gasteiger partial charge in [-0.1, -0.05) is 11.6 Å². The zero-order valence-electron chi connectivity index (χ0n) is 15.7. The fraction of sp³-hybridized carbons (Fsp3) is 0.263. The molecule has 0 saturated carbocycles. The highest BCUT2D eigenvalue weighted by Crippen LogP contribution is 2.37. The number of nitrogens with zero attached hydrogens (tertiary/aromatic N) is 1. The molecular formula is C19H16ClF3N2O4S. The van der Waals surface area contributed by atoms with Crippen LogP contribution in [0.4, 0.5) is 24.5 Å². The second-order valence-corrected chi connectivity index (χ2v) is 9.63. The molecule has 0 spiro atoms. The summed E-state index contributed by atoms with van der Waals surface area (Å²) in [6.45, 7) is 3.00.